The Bertz CT molecular complexity index is 569. The lowest BCUT2D eigenvalue weighted by molar-refractivity contribution is 0.454. The lowest BCUT2D eigenvalue weighted by Crippen LogP contribution is -2.11. The molecule has 0 atom stereocenters. The number of anilines is 1. The van der Waals surface area contributed by atoms with Crippen LogP contribution < -0.4 is 16.0 Å². The van der Waals surface area contributed by atoms with E-state index in [1.54, 1.807) is 6.20 Å². The molecule has 0 radical (unpaired) electrons. The fraction of sp³-hybridized carbons (Fsp3) is 0.231. The first kappa shape index (κ1) is 12.3. The number of benzene rings is 1. The predicted octanol–water partition coefficient (Wildman–Crippen LogP) is 2.48. The molecule has 1 aromatic heterocycles. The van der Waals surface area contributed by atoms with Gasteiger partial charge in [-0.1, -0.05) is 12.1 Å². The van der Waals surface area contributed by atoms with E-state index in [4.69, 9.17) is 10.6 Å². The van der Waals surface area contributed by atoms with Gasteiger partial charge in [0.15, 0.2) is 0 Å². The minimum Gasteiger partial charge on any atom is -0.438 e. The summed E-state index contributed by atoms with van der Waals surface area (Å²) < 4.78 is 5.82. The molecule has 94 valence electrons. The Morgan fingerprint density at radius 2 is 1.94 bits per heavy atom. The second kappa shape index (κ2) is 5.01. The lowest BCUT2D eigenvalue weighted by Gasteiger charge is -2.11. The number of hydrazine groups is 1. The molecule has 0 aliphatic carbocycles. The van der Waals surface area contributed by atoms with Gasteiger partial charge in [-0.25, -0.2) is 10.8 Å². The van der Waals surface area contributed by atoms with Crippen LogP contribution >= 0.6 is 0 Å². The van der Waals surface area contributed by atoms with Crippen LogP contribution in [0.15, 0.2) is 24.4 Å². The molecule has 0 amide bonds. The summed E-state index contributed by atoms with van der Waals surface area (Å²) in [4.78, 5) is 8.20. The van der Waals surface area contributed by atoms with E-state index in [2.05, 4.69) is 15.4 Å². The smallest absolute Gasteiger partial charge is 0.240 e. The molecule has 0 fully saturated rings. The minimum absolute atomic E-state index is 0.334. The maximum atomic E-state index is 5.82. The maximum Gasteiger partial charge on any atom is 0.240 e. The van der Waals surface area contributed by atoms with Crippen molar-refractivity contribution in [3.63, 3.8) is 0 Å². The number of nitrogen functional groups attached to an aromatic ring is 1. The zero-order valence-electron chi connectivity index (χ0n) is 10.7. The van der Waals surface area contributed by atoms with E-state index in [0.717, 1.165) is 22.4 Å². The molecule has 1 heterocycles. The molecular weight excluding hydrogens is 228 g/mol. The number of nitrogens with zero attached hydrogens (tertiary/aromatic N) is 2. The molecule has 18 heavy (non-hydrogen) atoms. The number of aromatic nitrogens is 2. The van der Waals surface area contributed by atoms with Crippen molar-refractivity contribution >= 4 is 5.95 Å². The van der Waals surface area contributed by atoms with E-state index in [9.17, 15) is 0 Å². The van der Waals surface area contributed by atoms with Gasteiger partial charge >= 0.3 is 0 Å². The van der Waals surface area contributed by atoms with Gasteiger partial charge in [0.25, 0.3) is 0 Å². The lowest BCUT2D eigenvalue weighted by atomic mass is 10.1. The summed E-state index contributed by atoms with van der Waals surface area (Å²) in [6.45, 7) is 5.90. The van der Waals surface area contributed by atoms with Crippen molar-refractivity contribution in [3.8, 4) is 11.6 Å². The Hall–Kier alpha value is -2.14. The predicted molar refractivity (Wildman–Crippen MR) is 70.6 cm³/mol. The summed E-state index contributed by atoms with van der Waals surface area (Å²) in [6.07, 6.45) is 1.67. The molecule has 5 nitrogen and oxygen atoms in total. The summed E-state index contributed by atoms with van der Waals surface area (Å²) in [5.74, 6) is 6.92. The summed E-state index contributed by atoms with van der Waals surface area (Å²) in [7, 11) is 0. The van der Waals surface area contributed by atoms with E-state index in [-0.39, 0.29) is 0 Å². The standard InChI is InChI=1S/C13H16N4O/c1-8-4-5-9(2)11(6-8)18-12-10(3)7-15-13(16-12)17-14/h4-7H,14H2,1-3H3,(H,15,16,17). The summed E-state index contributed by atoms with van der Waals surface area (Å²) in [5.41, 5.74) is 5.46. The van der Waals surface area contributed by atoms with Crippen molar-refractivity contribution in [3.05, 3.63) is 41.1 Å². The topological polar surface area (TPSA) is 73.1 Å². The number of hydrogen-bond donors (Lipinski definition) is 2. The molecule has 0 bridgehead atoms. The molecule has 5 heteroatoms. The Morgan fingerprint density at radius 3 is 2.67 bits per heavy atom. The Kier molecular flexibility index (Phi) is 3.43. The number of hydrogen-bond acceptors (Lipinski definition) is 5. The maximum absolute atomic E-state index is 5.82. The van der Waals surface area contributed by atoms with Gasteiger partial charge in [0, 0.05) is 11.8 Å². The molecule has 2 rings (SSSR count). The van der Waals surface area contributed by atoms with Crippen molar-refractivity contribution in [1.82, 2.24) is 9.97 Å². The largest absolute Gasteiger partial charge is 0.438 e. The van der Waals surface area contributed by atoms with Gasteiger partial charge in [-0.05, 0) is 38.0 Å². The minimum atomic E-state index is 0.334. The van der Waals surface area contributed by atoms with Crippen molar-refractivity contribution in [1.29, 1.82) is 0 Å². The van der Waals surface area contributed by atoms with E-state index in [1.807, 2.05) is 39.0 Å². The first-order valence-corrected chi connectivity index (χ1v) is 5.65. The molecule has 0 spiro atoms. The van der Waals surface area contributed by atoms with E-state index in [1.165, 1.54) is 0 Å². The number of ether oxygens (including phenoxy) is 1. The molecule has 0 saturated carbocycles. The molecule has 0 aliphatic heterocycles. The molecule has 2 aromatic rings. The Labute approximate surface area is 106 Å². The van der Waals surface area contributed by atoms with Gasteiger partial charge in [-0.2, -0.15) is 4.98 Å². The van der Waals surface area contributed by atoms with Gasteiger partial charge in [0.1, 0.15) is 5.75 Å². The third-order valence-corrected chi connectivity index (χ3v) is 2.60. The van der Waals surface area contributed by atoms with Crippen molar-refractivity contribution in [2.24, 2.45) is 5.84 Å². The molecule has 3 N–H and O–H groups in total. The second-order valence-corrected chi connectivity index (χ2v) is 4.20. The van der Waals surface area contributed by atoms with Crippen molar-refractivity contribution in [2.75, 3.05) is 5.43 Å². The van der Waals surface area contributed by atoms with Crippen molar-refractivity contribution < 1.29 is 4.74 Å². The van der Waals surface area contributed by atoms with Crippen molar-refractivity contribution in [2.45, 2.75) is 20.8 Å². The average molecular weight is 244 g/mol. The quantitative estimate of drug-likeness (QED) is 0.641. The van der Waals surface area contributed by atoms with Gasteiger partial charge in [-0.3, -0.25) is 5.43 Å². The van der Waals surface area contributed by atoms with Gasteiger partial charge in [0.05, 0.1) is 0 Å². The van der Waals surface area contributed by atoms with Crippen LogP contribution in [-0.2, 0) is 0 Å². The highest BCUT2D eigenvalue weighted by molar-refractivity contribution is 5.40. The highest BCUT2D eigenvalue weighted by Gasteiger charge is 2.07. The molecule has 0 unspecified atom stereocenters. The fourth-order valence-corrected chi connectivity index (χ4v) is 1.52. The fourth-order valence-electron chi connectivity index (χ4n) is 1.52. The number of rotatable bonds is 3. The SMILES string of the molecule is Cc1ccc(C)c(Oc2nc(NN)ncc2C)c1. The van der Waals surface area contributed by atoms with Crippen LogP contribution in [0.1, 0.15) is 16.7 Å². The Morgan fingerprint density at radius 1 is 1.17 bits per heavy atom. The third kappa shape index (κ3) is 2.57. The van der Waals surface area contributed by atoms with Crippen LogP contribution in [0.4, 0.5) is 5.95 Å². The van der Waals surface area contributed by atoms with E-state index < -0.39 is 0 Å². The average Bonchev–Trinajstić information content (AvgIpc) is 2.36. The Balaban J connectivity index is 2.36. The number of nitrogens with two attached hydrogens (primary N) is 1. The number of aryl methyl sites for hydroxylation is 3. The highest BCUT2D eigenvalue weighted by Crippen LogP contribution is 2.27. The van der Waals surface area contributed by atoms with Crippen LogP contribution in [0.3, 0.4) is 0 Å². The first-order chi connectivity index (χ1) is 8.60. The van der Waals surface area contributed by atoms with E-state index in [0.29, 0.717) is 11.8 Å². The molecular formula is C13H16N4O. The molecule has 0 saturated heterocycles. The van der Waals surface area contributed by atoms with Gasteiger partial charge in [-0.15, -0.1) is 0 Å². The first-order valence-electron chi connectivity index (χ1n) is 5.65. The monoisotopic (exact) mass is 244 g/mol. The summed E-state index contributed by atoms with van der Waals surface area (Å²) in [5, 5.41) is 0. The van der Waals surface area contributed by atoms with E-state index >= 15 is 0 Å². The molecule has 1 aromatic carbocycles. The van der Waals surface area contributed by atoms with Crippen LogP contribution in [-0.4, -0.2) is 9.97 Å². The third-order valence-electron chi connectivity index (χ3n) is 2.60. The second-order valence-electron chi connectivity index (χ2n) is 4.20. The summed E-state index contributed by atoms with van der Waals surface area (Å²) in [6, 6.07) is 6.04. The van der Waals surface area contributed by atoms with Crippen LogP contribution in [0, 0.1) is 20.8 Å². The zero-order chi connectivity index (χ0) is 13.1. The van der Waals surface area contributed by atoms with Crippen LogP contribution in [0.25, 0.3) is 0 Å². The van der Waals surface area contributed by atoms with Crippen LogP contribution in [0.5, 0.6) is 11.6 Å². The normalized spacial score (nSPS) is 10.2. The van der Waals surface area contributed by atoms with Crippen LogP contribution in [0.2, 0.25) is 0 Å². The van der Waals surface area contributed by atoms with Gasteiger partial charge in [0.2, 0.25) is 11.8 Å². The number of nitrogens with one attached hydrogen (secondary N) is 1. The highest BCUT2D eigenvalue weighted by atomic mass is 16.5. The zero-order valence-corrected chi connectivity index (χ0v) is 10.7. The molecule has 0 aliphatic rings. The van der Waals surface area contributed by atoms with Gasteiger partial charge < -0.3 is 4.74 Å². The summed E-state index contributed by atoms with van der Waals surface area (Å²) >= 11 is 0.